The largest absolute Gasteiger partial charge is 0.494 e. The molecule has 1 atom stereocenters. The van der Waals surface area contributed by atoms with Gasteiger partial charge >= 0.3 is 0 Å². The van der Waals surface area contributed by atoms with Gasteiger partial charge in [0.15, 0.2) is 5.78 Å². The summed E-state index contributed by atoms with van der Waals surface area (Å²) >= 11 is 5.91. The smallest absolute Gasteiger partial charge is 0.152 e. The van der Waals surface area contributed by atoms with E-state index in [1.807, 2.05) is 25.1 Å². The number of alkyl halides is 1. The summed E-state index contributed by atoms with van der Waals surface area (Å²) in [6, 6.07) is 7.29. The third-order valence-corrected chi connectivity index (χ3v) is 2.38. The van der Waals surface area contributed by atoms with E-state index in [9.17, 15) is 4.79 Å². The number of benzene rings is 1. The van der Waals surface area contributed by atoms with Gasteiger partial charge in [-0.2, -0.15) is 0 Å². The average Bonchev–Trinajstić information content (AvgIpc) is 2.17. The summed E-state index contributed by atoms with van der Waals surface area (Å²) in [6.07, 6.45) is 0. The monoisotopic (exact) mass is 212 g/mol. The summed E-state index contributed by atoms with van der Waals surface area (Å²) in [5, 5.41) is -0.574. The highest BCUT2D eigenvalue weighted by Crippen LogP contribution is 2.24. The second kappa shape index (κ2) is 5.01. The minimum absolute atomic E-state index is 0.0553. The molecule has 0 bridgehead atoms. The van der Waals surface area contributed by atoms with Gasteiger partial charge in [-0.05, 0) is 31.5 Å². The van der Waals surface area contributed by atoms with Crippen LogP contribution in [0.2, 0.25) is 0 Å². The van der Waals surface area contributed by atoms with Crippen molar-refractivity contribution in [2.45, 2.75) is 19.2 Å². The van der Waals surface area contributed by atoms with Crippen molar-refractivity contribution in [3.8, 4) is 5.75 Å². The number of Topliss-reactive ketones (excluding diaryl/α,β-unsaturated/α-hetero) is 1. The SMILES string of the molecule is CCOc1cccc(C(Cl)C(C)=O)c1. The molecule has 0 aliphatic rings. The van der Waals surface area contributed by atoms with Crippen molar-refractivity contribution >= 4 is 17.4 Å². The first-order valence-electron chi connectivity index (χ1n) is 4.52. The maximum absolute atomic E-state index is 11.0. The molecule has 76 valence electrons. The predicted molar refractivity (Wildman–Crippen MR) is 56.9 cm³/mol. The van der Waals surface area contributed by atoms with Crippen molar-refractivity contribution in [2.24, 2.45) is 0 Å². The zero-order chi connectivity index (χ0) is 10.6. The van der Waals surface area contributed by atoms with Gasteiger partial charge < -0.3 is 4.74 Å². The molecule has 1 rings (SSSR count). The number of ketones is 1. The van der Waals surface area contributed by atoms with Crippen LogP contribution in [0.1, 0.15) is 24.8 Å². The molecule has 0 radical (unpaired) electrons. The number of carbonyl (C=O) groups excluding carboxylic acids is 1. The van der Waals surface area contributed by atoms with Gasteiger partial charge in [0.1, 0.15) is 11.1 Å². The highest BCUT2D eigenvalue weighted by atomic mass is 35.5. The third kappa shape index (κ3) is 2.74. The van der Waals surface area contributed by atoms with E-state index < -0.39 is 5.38 Å². The fourth-order valence-corrected chi connectivity index (χ4v) is 1.30. The highest BCUT2D eigenvalue weighted by molar-refractivity contribution is 6.30. The molecule has 0 heterocycles. The molecule has 1 aromatic carbocycles. The highest BCUT2D eigenvalue weighted by Gasteiger charge is 2.13. The van der Waals surface area contributed by atoms with E-state index in [1.54, 1.807) is 6.07 Å². The van der Waals surface area contributed by atoms with E-state index in [0.717, 1.165) is 11.3 Å². The molecular weight excluding hydrogens is 200 g/mol. The lowest BCUT2D eigenvalue weighted by atomic mass is 10.1. The van der Waals surface area contributed by atoms with E-state index in [1.165, 1.54) is 6.92 Å². The molecular formula is C11H13ClO2. The topological polar surface area (TPSA) is 26.3 Å². The lowest BCUT2D eigenvalue weighted by molar-refractivity contribution is -0.116. The van der Waals surface area contributed by atoms with Crippen LogP contribution in [0, 0.1) is 0 Å². The number of rotatable bonds is 4. The Labute approximate surface area is 88.8 Å². The van der Waals surface area contributed by atoms with Crippen LogP contribution in [-0.2, 0) is 4.79 Å². The quantitative estimate of drug-likeness (QED) is 0.718. The maximum atomic E-state index is 11.0. The number of hydrogen-bond donors (Lipinski definition) is 0. The third-order valence-electron chi connectivity index (χ3n) is 1.82. The van der Waals surface area contributed by atoms with Crippen LogP contribution in [0.5, 0.6) is 5.75 Å². The molecule has 0 amide bonds. The molecule has 0 fully saturated rings. The summed E-state index contributed by atoms with van der Waals surface area (Å²) in [6.45, 7) is 4.00. The van der Waals surface area contributed by atoms with Gasteiger partial charge in [-0.3, -0.25) is 4.79 Å². The Hall–Kier alpha value is -1.02. The molecule has 3 heteroatoms. The van der Waals surface area contributed by atoms with Crippen LogP contribution in [0.25, 0.3) is 0 Å². The van der Waals surface area contributed by atoms with Crippen LogP contribution in [0.3, 0.4) is 0 Å². The fraction of sp³-hybridized carbons (Fsp3) is 0.364. The lowest BCUT2D eigenvalue weighted by Gasteiger charge is -2.08. The van der Waals surface area contributed by atoms with Gasteiger partial charge in [0, 0.05) is 0 Å². The Morgan fingerprint density at radius 3 is 2.86 bits per heavy atom. The number of halogens is 1. The van der Waals surface area contributed by atoms with Gasteiger partial charge in [0.25, 0.3) is 0 Å². The number of carbonyl (C=O) groups is 1. The minimum atomic E-state index is -0.574. The summed E-state index contributed by atoms with van der Waals surface area (Å²) in [5.41, 5.74) is 0.783. The van der Waals surface area contributed by atoms with E-state index in [-0.39, 0.29) is 5.78 Å². The van der Waals surface area contributed by atoms with Gasteiger partial charge in [-0.25, -0.2) is 0 Å². The average molecular weight is 213 g/mol. The second-order valence-electron chi connectivity index (χ2n) is 2.98. The molecule has 14 heavy (non-hydrogen) atoms. The first-order valence-corrected chi connectivity index (χ1v) is 4.96. The Kier molecular flexibility index (Phi) is 3.96. The van der Waals surface area contributed by atoms with Crippen LogP contribution in [0.4, 0.5) is 0 Å². The van der Waals surface area contributed by atoms with E-state index in [4.69, 9.17) is 16.3 Å². The maximum Gasteiger partial charge on any atom is 0.152 e. The Bertz CT molecular complexity index is 323. The van der Waals surface area contributed by atoms with E-state index >= 15 is 0 Å². The van der Waals surface area contributed by atoms with Crippen LogP contribution >= 0.6 is 11.6 Å². The molecule has 0 aliphatic carbocycles. The second-order valence-corrected chi connectivity index (χ2v) is 3.42. The van der Waals surface area contributed by atoms with Gasteiger partial charge in [0.05, 0.1) is 6.61 Å². The van der Waals surface area contributed by atoms with E-state index in [0.29, 0.717) is 6.61 Å². The summed E-state index contributed by atoms with van der Waals surface area (Å²) in [7, 11) is 0. The molecule has 0 N–H and O–H groups in total. The normalized spacial score (nSPS) is 12.2. The zero-order valence-corrected chi connectivity index (χ0v) is 9.04. The Morgan fingerprint density at radius 1 is 1.57 bits per heavy atom. The van der Waals surface area contributed by atoms with Crippen molar-refractivity contribution in [3.63, 3.8) is 0 Å². The van der Waals surface area contributed by atoms with Gasteiger partial charge in [-0.1, -0.05) is 12.1 Å². The van der Waals surface area contributed by atoms with Crippen molar-refractivity contribution in [3.05, 3.63) is 29.8 Å². The standard InChI is InChI=1S/C11H13ClO2/c1-3-14-10-6-4-5-9(7-10)11(12)8(2)13/h4-7,11H,3H2,1-2H3. The molecule has 0 aliphatic heterocycles. The predicted octanol–water partition coefficient (Wildman–Crippen LogP) is 2.95. The van der Waals surface area contributed by atoms with Crippen molar-refractivity contribution < 1.29 is 9.53 Å². The van der Waals surface area contributed by atoms with Crippen molar-refractivity contribution in [1.29, 1.82) is 0 Å². The lowest BCUT2D eigenvalue weighted by Crippen LogP contribution is -2.02. The summed E-state index contributed by atoms with van der Waals surface area (Å²) in [5.74, 6) is 0.692. The van der Waals surface area contributed by atoms with E-state index in [2.05, 4.69) is 0 Å². The molecule has 1 aromatic rings. The minimum Gasteiger partial charge on any atom is -0.494 e. The molecule has 1 unspecified atom stereocenters. The fourth-order valence-electron chi connectivity index (χ4n) is 1.16. The van der Waals surface area contributed by atoms with Crippen molar-refractivity contribution in [1.82, 2.24) is 0 Å². The molecule has 0 aromatic heterocycles. The number of hydrogen-bond acceptors (Lipinski definition) is 2. The zero-order valence-electron chi connectivity index (χ0n) is 8.29. The summed E-state index contributed by atoms with van der Waals surface area (Å²) < 4.78 is 5.31. The Balaban J connectivity index is 2.87. The molecule has 2 nitrogen and oxygen atoms in total. The molecule has 0 spiro atoms. The first kappa shape index (κ1) is 11.1. The van der Waals surface area contributed by atoms with Gasteiger partial charge in [0.2, 0.25) is 0 Å². The van der Waals surface area contributed by atoms with Crippen LogP contribution in [0.15, 0.2) is 24.3 Å². The Morgan fingerprint density at radius 2 is 2.29 bits per heavy atom. The van der Waals surface area contributed by atoms with Crippen LogP contribution < -0.4 is 4.74 Å². The molecule has 0 saturated heterocycles. The summed E-state index contributed by atoms with van der Waals surface area (Å²) in [4.78, 5) is 11.0. The number of ether oxygens (including phenoxy) is 1. The van der Waals surface area contributed by atoms with Crippen molar-refractivity contribution in [2.75, 3.05) is 6.61 Å². The first-order chi connectivity index (χ1) is 6.65. The van der Waals surface area contributed by atoms with Crippen LogP contribution in [-0.4, -0.2) is 12.4 Å². The van der Waals surface area contributed by atoms with Gasteiger partial charge in [-0.15, -0.1) is 11.6 Å². The molecule has 0 saturated carbocycles.